The molecule has 12 heteroatoms. The number of nitrogens with one attached hydrogen (secondary N) is 2. The zero-order valence-corrected chi connectivity index (χ0v) is 19.2. The van der Waals surface area contributed by atoms with Crippen LogP contribution in [0.15, 0.2) is 29.8 Å². The van der Waals surface area contributed by atoms with Crippen LogP contribution in [0, 0.1) is 12.8 Å². The first-order valence-corrected chi connectivity index (χ1v) is 11.3. The predicted octanol–water partition coefficient (Wildman–Crippen LogP) is 4.58. The number of hydrazone groups is 1. The molecule has 0 aromatic carbocycles. The van der Waals surface area contributed by atoms with Crippen molar-refractivity contribution in [1.82, 2.24) is 29.1 Å². The number of alkyl halides is 3. The zero-order valence-electron chi connectivity index (χ0n) is 18.4. The van der Waals surface area contributed by atoms with Crippen LogP contribution in [-0.2, 0) is 6.54 Å². The summed E-state index contributed by atoms with van der Waals surface area (Å²) in [6.07, 6.45) is 1.59. The molecule has 0 radical (unpaired) electrons. The lowest BCUT2D eigenvalue weighted by Gasteiger charge is -2.32. The van der Waals surface area contributed by atoms with Crippen LogP contribution in [0.2, 0.25) is 0 Å². The third-order valence-corrected chi connectivity index (χ3v) is 6.37. The van der Waals surface area contributed by atoms with E-state index < -0.39 is 12.1 Å². The van der Waals surface area contributed by atoms with Gasteiger partial charge in [-0.25, -0.2) is 9.97 Å². The molecule has 0 amide bonds. The molecular formula is C21H25F3N8S. The van der Waals surface area contributed by atoms with Crippen LogP contribution >= 0.6 is 11.5 Å². The van der Waals surface area contributed by atoms with Crippen molar-refractivity contribution in [2.75, 3.05) is 18.4 Å². The minimum Gasteiger partial charge on any atom is -0.328 e. The van der Waals surface area contributed by atoms with Crippen LogP contribution in [0.1, 0.15) is 36.8 Å². The number of hydrogen-bond acceptors (Lipinski definition) is 8. The Morgan fingerprint density at radius 1 is 1.36 bits per heavy atom. The summed E-state index contributed by atoms with van der Waals surface area (Å²) in [7, 11) is 0. The maximum Gasteiger partial charge on any atom is 0.391 e. The van der Waals surface area contributed by atoms with E-state index in [-0.39, 0.29) is 12.8 Å². The maximum absolute atomic E-state index is 12.9. The van der Waals surface area contributed by atoms with Crippen LogP contribution in [-0.4, -0.2) is 49.6 Å². The zero-order chi connectivity index (χ0) is 23.6. The predicted molar refractivity (Wildman–Crippen MR) is 124 cm³/mol. The van der Waals surface area contributed by atoms with Gasteiger partial charge in [0.1, 0.15) is 5.00 Å². The van der Waals surface area contributed by atoms with Gasteiger partial charge in [0.25, 0.3) is 0 Å². The first-order chi connectivity index (χ1) is 15.7. The molecule has 1 saturated heterocycles. The third-order valence-electron chi connectivity index (χ3n) is 5.63. The molecule has 0 bridgehead atoms. The Kier molecular flexibility index (Phi) is 6.66. The number of aryl methyl sites for hydroxylation is 1. The van der Waals surface area contributed by atoms with Crippen molar-refractivity contribution in [2.24, 2.45) is 11.0 Å². The number of rotatable bonds is 7. The number of aromatic nitrogens is 4. The molecule has 2 N–H and O–H groups in total. The molecule has 0 aliphatic carbocycles. The molecule has 3 aromatic heterocycles. The standard InChI is InChI=1S/C21H25F3N8S/c1-13(9-27-25-3)17-10-26-20-19(28-14(2)11-32(17)20)29-18-8-16(30-33-18)12-31-6-4-15(5-7-31)21(22,23)24/h8-11,15,27H,3-7,12H2,1-2H3,(H,28,29)/b13-9+. The molecule has 0 unspecified atom stereocenters. The van der Waals surface area contributed by atoms with Gasteiger partial charge in [-0.15, -0.1) is 0 Å². The monoisotopic (exact) mass is 478 g/mol. The second-order valence-corrected chi connectivity index (χ2v) is 8.89. The van der Waals surface area contributed by atoms with Gasteiger partial charge in [-0.2, -0.15) is 22.6 Å². The summed E-state index contributed by atoms with van der Waals surface area (Å²) in [5.41, 5.74) is 6.85. The fraction of sp³-hybridized carbons (Fsp3) is 0.429. The smallest absolute Gasteiger partial charge is 0.328 e. The fourth-order valence-corrected chi connectivity index (χ4v) is 4.57. The third kappa shape index (κ3) is 5.33. The van der Waals surface area contributed by atoms with E-state index in [4.69, 9.17) is 0 Å². The number of halogens is 3. The lowest BCUT2D eigenvalue weighted by Crippen LogP contribution is -2.38. The highest BCUT2D eigenvalue weighted by atomic mass is 32.1. The van der Waals surface area contributed by atoms with Gasteiger partial charge in [-0.3, -0.25) is 14.7 Å². The Labute approximate surface area is 193 Å². The van der Waals surface area contributed by atoms with E-state index in [9.17, 15) is 13.2 Å². The normalized spacial score (nSPS) is 16.3. The van der Waals surface area contributed by atoms with Crippen LogP contribution in [0.5, 0.6) is 0 Å². The molecule has 1 aliphatic heterocycles. The average Bonchev–Trinajstić information content (AvgIpc) is 3.38. The molecule has 0 saturated carbocycles. The van der Waals surface area contributed by atoms with Gasteiger partial charge in [-0.05, 0) is 63.0 Å². The largest absolute Gasteiger partial charge is 0.391 e. The van der Waals surface area contributed by atoms with Crippen LogP contribution < -0.4 is 10.7 Å². The molecule has 0 spiro atoms. The molecule has 4 heterocycles. The van der Waals surface area contributed by atoms with E-state index in [1.807, 2.05) is 35.4 Å². The topological polar surface area (TPSA) is 82.7 Å². The van der Waals surface area contributed by atoms with Gasteiger partial charge in [0.2, 0.25) is 0 Å². The van der Waals surface area contributed by atoms with Gasteiger partial charge < -0.3 is 5.32 Å². The van der Waals surface area contributed by atoms with Crippen molar-refractivity contribution in [1.29, 1.82) is 0 Å². The number of likely N-dealkylation sites (tertiary alicyclic amines) is 1. The number of nitrogens with zero attached hydrogens (tertiary/aromatic N) is 6. The second-order valence-electron chi connectivity index (χ2n) is 8.08. The van der Waals surface area contributed by atoms with Crippen molar-refractivity contribution < 1.29 is 13.2 Å². The number of imidazole rings is 1. The maximum atomic E-state index is 12.9. The minimum atomic E-state index is -4.10. The summed E-state index contributed by atoms with van der Waals surface area (Å²) in [6, 6.07) is 1.91. The van der Waals surface area contributed by atoms with E-state index in [0.29, 0.717) is 31.1 Å². The Bertz CT molecular complexity index is 1160. The van der Waals surface area contributed by atoms with E-state index >= 15 is 0 Å². The number of allylic oxidation sites excluding steroid dienone is 1. The van der Waals surface area contributed by atoms with Gasteiger partial charge in [0.05, 0.1) is 29.2 Å². The molecule has 4 rings (SSSR count). The van der Waals surface area contributed by atoms with Crippen LogP contribution in [0.25, 0.3) is 11.2 Å². The second kappa shape index (κ2) is 9.48. The molecule has 8 nitrogen and oxygen atoms in total. The Morgan fingerprint density at radius 2 is 2.12 bits per heavy atom. The summed E-state index contributed by atoms with van der Waals surface area (Å²) < 4.78 is 45.1. The lowest BCUT2D eigenvalue weighted by molar-refractivity contribution is -0.185. The Balaban J connectivity index is 1.47. The molecular weight excluding hydrogens is 453 g/mol. The van der Waals surface area contributed by atoms with Gasteiger partial charge in [0.15, 0.2) is 11.5 Å². The van der Waals surface area contributed by atoms with E-state index in [2.05, 4.69) is 36.9 Å². The van der Waals surface area contributed by atoms with Crippen molar-refractivity contribution in [3.63, 3.8) is 0 Å². The molecule has 3 aromatic rings. The van der Waals surface area contributed by atoms with Crippen molar-refractivity contribution in [3.05, 3.63) is 41.7 Å². The Hall–Kier alpha value is -2.99. The molecule has 1 aliphatic rings. The first kappa shape index (κ1) is 23.2. The van der Waals surface area contributed by atoms with Crippen molar-refractivity contribution in [2.45, 2.75) is 39.4 Å². The van der Waals surface area contributed by atoms with E-state index in [1.165, 1.54) is 11.5 Å². The first-order valence-electron chi connectivity index (χ1n) is 10.5. The Morgan fingerprint density at radius 3 is 2.82 bits per heavy atom. The highest BCUT2D eigenvalue weighted by Crippen LogP contribution is 2.34. The highest BCUT2D eigenvalue weighted by Gasteiger charge is 2.41. The van der Waals surface area contributed by atoms with Gasteiger partial charge >= 0.3 is 6.18 Å². The quantitative estimate of drug-likeness (QED) is 0.382. The van der Waals surface area contributed by atoms with Crippen molar-refractivity contribution >= 4 is 40.3 Å². The minimum absolute atomic E-state index is 0.137. The SMILES string of the molecule is C=NN/C=C(\C)c1cnc2c(Nc3cc(CN4CCC(C(F)(F)F)CC4)ns3)nc(C)cn12. The fourth-order valence-electron chi connectivity index (χ4n) is 3.91. The summed E-state index contributed by atoms with van der Waals surface area (Å²) in [5.74, 6) is -0.594. The van der Waals surface area contributed by atoms with Crippen LogP contribution in [0.3, 0.4) is 0 Å². The van der Waals surface area contributed by atoms with Gasteiger partial charge in [-0.1, -0.05) is 0 Å². The lowest BCUT2D eigenvalue weighted by atomic mass is 9.96. The van der Waals surface area contributed by atoms with E-state index in [0.717, 1.165) is 27.7 Å². The van der Waals surface area contributed by atoms with Gasteiger partial charge in [0, 0.05) is 25.7 Å². The summed E-state index contributed by atoms with van der Waals surface area (Å²) in [5, 5.41) is 7.72. The molecule has 0 atom stereocenters. The number of fused-ring (bicyclic) bond motifs is 1. The summed E-state index contributed by atoms with van der Waals surface area (Å²) in [6.45, 7) is 8.62. The van der Waals surface area contributed by atoms with Crippen LogP contribution in [0.4, 0.5) is 24.0 Å². The number of piperidine rings is 1. The van der Waals surface area contributed by atoms with E-state index in [1.54, 1.807) is 12.4 Å². The molecule has 176 valence electrons. The van der Waals surface area contributed by atoms with Crippen molar-refractivity contribution in [3.8, 4) is 0 Å². The molecule has 33 heavy (non-hydrogen) atoms. The summed E-state index contributed by atoms with van der Waals surface area (Å²) in [4.78, 5) is 11.1. The number of anilines is 2. The number of hydrogen-bond donors (Lipinski definition) is 2. The average molecular weight is 479 g/mol. The summed E-state index contributed by atoms with van der Waals surface area (Å²) >= 11 is 1.29. The molecule has 1 fully saturated rings. The highest BCUT2D eigenvalue weighted by molar-refractivity contribution is 7.10.